The van der Waals surface area contributed by atoms with Crippen LogP contribution in [0.4, 0.5) is 5.82 Å². The quantitative estimate of drug-likeness (QED) is 0.926. The monoisotopic (exact) mass is 318 g/mol. The molecule has 0 radical (unpaired) electrons. The second-order valence-corrected chi connectivity index (χ2v) is 6.76. The van der Waals surface area contributed by atoms with Crippen molar-refractivity contribution in [2.24, 2.45) is 5.92 Å². The molecule has 1 aromatic rings. The number of likely N-dealkylation sites (tertiary alicyclic amines) is 1. The fraction of sp³-hybridized carbons (Fsp3) is 0.647. The topological polar surface area (TPSA) is 59.4 Å². The molecule has 1 aromatic heterocycles. The summed E-state index contributed by atoms with van der Waals surface area (Å²) in [7, 11) is 1.70. The van der Waals surface area contributed by atoms with Crippen LogP contribution in [-0.4, -0.2) is 46.9 Å². The molecular weight excluding hydrogens is 292 g/mol. The van der Waals surface area contributed by atoms with E-state index in [4.69, 9.17) is 4.74 Å². The summed E-state index contributed by atoms with van der Waals surface area (Å²) in [4.78, 5) is 15.3. The third-order valence-corrected chi connectivity index (χ3v) is 4.81. The number of amides is 1. The highest BCUT2D eigenvalue weighted by molar-refractivity contribution is 5.96. The average Bonchev–Trinajstić information content (AvgIpc) is 3.14. The van der Waals surface area contributed by atoms with Crippen molar-refractivity contribution < 1.29 is 9.53 Å². The molecule has 23 heavy (non-hydrogen) atoms. The van der Waals surface area contributed by atoms with Gasteiger partial charge in [0.15, 0.2) is 0 Å². The van der Waals surface area contributed by atoms with Crippen LogP contribution < -0.4 is 5.32 Å². The van der Waals surface area contributed by atoms with Gasteiger partial charge in [-0.1, -0.05) is 13.8 Å². The first-order valence-electron chi connectivity index (χ1n) is 8.35. The van der Waals surface area contributed by atoms with Crippen molar-refractivity contribution in [3.8, 4) is 0 Å². The number of fused-ring (bicyclic) bond motifs is 1. The summed E-state index contributed by atoms with van der Waals surface area (Å²) in [6.45, 7) is 7.67. The predicted molar refractivity (Wildman–Crippen MR) is 89.0 cm³/mol. The minimum absolute atomic E-state index is 0.0301. The Balaban J connectivity index is 1.94. The van der Waals surface area contributed by atoms with E-state index >= 15 is 0 Å². The Bertz CT molecular complexity index is 620. The molecule has 1 saturated heterocycles. The standard InChI is InChI=1S/C17H26N4O2/c1-11(2)16-15(12(3)19-14-7-8-18-21(14)16)17(22)20-9-5-6-13(20)10-23-4/h7-8,11,13,16,19H,5-6,9-10H2,1-4H3/t13-,16?/m0/s1. The van der Waals surface area contributed by atoms with Gasteiger partial charge in [0.1, 0.15) is 5.82 Å². The maximum absolute atomic E-state index is 13.3. The van der Waals surface area contributed by atoms with Gasteiger partial charge in [0, 0.05) is 25.4 Å². The van der Waals surface area contributed by atoms with Gasteiger partial charge < -0.3 is 15.0 Å². The van der Waals surface area contributed by atoms with Crippen LogP contribution in [0.1, 0.15) is 39.7 Å². The van der Waals surface area contributed by atoms with Crippen molar-refractivity contribution in [2.75, 3.05) is 25.6 Å². The Morgan fingerprint density at radius 1 is 1.52 bits per heavy atom. The van der Waals surface area contributed by atoms with Gasteiger partial charge in [0.25, 0.3) is 5.91 Å². The molecule has 0 aromatic carbocycles. The molecule has 2 aliphatic heterocycles. The molecule has 6 nitrogen and oxygen atoms in total. The summed E-state index contributed by atoms with van der Waals surface area (Å²) in [5.74, 6) is 1.36. The lowest BCUT2D eigenvalue weighted by Crippen LogP contribution is -2.43. The smallest absolute Gasteiger partial charge is 0.254 e. The molecule has 2 atom stereocenters. The molecule has 3 rings (SSSR count). The molecule has 0 aliphatic carbocycles. The fourth-order valence-electron chi connectivity index (χ4n) is 3.76. The second kappa shape index (κ2) is 6.35. The lowest BCUT2D eigenvalue weighted by Gasteiger charge is -2.35. The van der Waals surface area contributed by atoms with Gasteiger partial charge >= 0.3 is 0 Å². The van der Waals surface area contributed by atoms with Crippen molar-refractivity contribution >= 4 is 11.7 Å². The zero-order chi connectivity index (χ0) is 16.6. The van der Waals surface area contributed by atoms with Crippen LogP contribution in [0.15, 0.2) is 23.5 Å². The molecule has 3 heterocycles. The Kier molecular flexibility index (Phi) is 4.43. The number of nitrogens with one attached hydrogen (secondary N) is 1. The molecule has 0 bridgehead atoms. The van der Waals surface area contributed by atoms with Gasteiger partial charge in [0.2, 0.25) is 0 Å². The summed E-state index contributed by atoms with van der Waals surface area (Å²) in [5, 5.41) is 7.76. The van der Waals surface area contributed by atoms with E-state index in [1.54, 1.807) is 13.3 Å². The third-order valence-electron chi connectivity index (χ3n) is 4.81. The minimum Gasteiger partial charge on any atom is -0.383 e. The van der Waals surface area contributed by atoms with Gasteiger partial charge in [-0.3, -0.25) is 4.79 Å². The average molecular weight is 318 g/mol. The number of hydrogen-bond acceptors (Lipinski definition) is 4. The zero-order valence-electron chi connectivity index (χ0n) is 14.4. The number of hydrogen-bond donors (Lipinski definition) is 1. The fourth-order valence-corrected chi connectivity index (χ4v) is 3.76. The van der Waals surface area contributed by atoms with Crippen LogP contribution in [0.3, 0.4) is 0 Å². The number of carbonyl (C=O) groups is 1. The Hall–Kier alpha value is -1.82. The number of methoxy groups -OCH3 is 1. The van der Waals surface area contributed by atoms with Gasteiger partial charge in [-0.2, -0.15) is 5.10 Å². The summed E-state index contributed by atoms with van der Waals surface area (Å²) >= 11 is 0. The van der Waals surface area contributed by atoms with E-state index in [9.17, 15) is 4.79 Å². The maximum atomic E-state index is 13.3. The van der Waals surface area contributed by atoms with Crippen LogP contribution in [0.2, 0.25) is 0 Å². The van der Waals surface area contributed by atoms with Gasteiger partial charge in [-0.15, -0.1) is 0 Å². The van der Waals surface area contributed by atoms with E-state index in [2.05, 4.69) is 24.3 Å². The van der Waals surface area contributed by atoms with Crippen molar-refractivity contribution in [2.45, 2.75) is 45.7 Å². The Morgan fingerprint density at radius 2 is 2.30 bits per heavy atom. The lowest BCUT2D eigenvalue weighted by molar-refractivity contribution is -0.129. The first-order valence-corrected chi connectivity index (χ1v) is 8.35. The molecule has 1 amide bonds. The number of rotatable bonds is 4. The number of aromatic nitrogens is 2. The molecule has 6 heteroatoms. The van der Waals surface area contributed by atoms with Crippen LogP contribution in [-0.2, 0) is 9.53 Å². The first-order chi connectivity index (χ1) is 11.0. The van der Waals surface area contributed by atoms with Crippen LogP contribution in [0.25, 0.3) is 0 Å². The summed E-state index contributed by atoms with van der Waals surface area (Å²) in [6.07, 6.45) is 3.83. The highest BCUT2D eigenvalue weighted by atomic mass is 16.5. The first kappa shape index (κ1) is 16.1. The van der Waals surface area contributed by atoms with Crippen molar-refractivity contribution in [3.63, 3.8) is 0 Å². The highest BCUT2D eigenvalue weighted by Crippen LogP contribution is 2.37. The normalized spacial score (nSPS) is 24.1. The second-order valence-electron chi connectivity index (χ2n) is 6.76. The number of allylic oxidation sites excluding steroid dienone is 1. The molecule has 1 unspecified atom stereocenters. The predicted octanol–water partition coefficient (Wildman–Crippen LogP) is 2.42. The molecular formula is C17H26N4O2. The minimum atomic E-state index is -0.0301. The van der Waals surface area contributed by atoms with E-state index in [-0.39, 0.29) is 23.9 Å². The van der Waals surface area contributed by atoms with E-state index in [0.717, 1.165) is 36.5 Å². The molecule has 2 aliphatic rings. The van der Waals surface area contributed by atoms with Gasteiger partial charge in [0.05, 0.1) is 30.5 Å². The van der Waals surface area contributed by atoms with Crippen molar-refractivity contribution in [3.05, 3.63) is 23.5 Å². The number of nitrogens with zero attached hydrogens (tertiary/aromatic N) is 3. The molecule has 1 fully saturated rings. The van der Waals surface area contributed by atoms with E-state index < -0.39 is 0 Å². The van der Waals surface area contributed by atoms with E-state index in [1.165, 1.54) is 0 Å². The molecule has 0 saturated carbocycles. The van der Waals surface area contributed by atoms with E-state index in [0.29, 0.717) is 6.61 Å². The Morgan fingerprint density at radius 3 is 3.00 bits per heavy atom. The maximum Gasteiger partial charge on any atom is 0.254 e. The van der Waals surface area contributed by atoms with E-state index in [1.807, 2.05) is 22.6 Å². The van der Waals surface area contributed by atoms with Crippen LogP contribution in [0, 0.1) is 5.92 Å². The summed E-state index contributed by atoms with van der Waals surface area (Å²) < 4.78 is 7.23. The van der Waals surface area contributed by atoms with Crippen LogP contribution >= 0.6 is 0 Å². The highest BCUT2D eigenvalue weighted by Gasteiger charge is 2.38. The van der Waals surface area contributed by atoms with Gasteiger partial charge in [-0.25, -0.2) is 4.68 Å². The molecule has 126 valence electrons. The SMILES string of the molecule is COC[C@@H]1CCCN1C(=O)C1=C(C)Nc2ccnn2C1C(C)C. The summed E-state index contributed by atoms with van der Waals surface area (Å²) in [6, 6.07) is 2.10. The third kappa shape index (κ3) is 2.76. The molecule has 0 spiro atoms. The van der Waals surface area contributed by atoms with Crippen LogP contribution in [0.5, 0.6) is 0 Å². The van der Waals surface area contributed by atoms with Gasteiger partial charge in [-0.05, 0) is 25.7 Å². The Labute approximate surface area is 137 Å². The number of carbonyl (C=O) groups excluding carboxylic acids is 1. The van der Waals surface area contributed by atoms with Crippen molar-refractivity contribution in [1.29, 1.82) is 0 Å². The number of ether oxygens (including phenoxy) is 1. The molecule has 1 N–H and O–H groups in total. The number of anilines is 1. The zero-order valence-corrected chi connectivity index (χ0v) is 14.4. The lowest BCUT2D eigenvalue weighted by atomic mass is 9.92. The van der Waals surface area contributed by atoms with Crippen molar-refractivity contribution in [1.82, 2.24) is 14.7 Å². The summed E-state index contributed by atoms with van der Waals surface area (Å²) in [5.41, 5.74) is 1.77. The largest absolute Gasteiger partial charge is 0.383 e.